The Bertz CT molecular complexity index is 492. The predicted molar refractivity (Wildman–Crippen MR) is 73.8 cm³/mol. The van der Waals surface area contributed by atoms with Crippen LogP contribution in [0.2, 0.25) is 0 Å². The fourth-order valence-corrected chi connectivity index (χ4v) is 1.88. The molecule has 0 heterocycles. The molecule has 21 heavy (non-hydrogen) atoms. The van der Waals surface area contributed by atoms with Gasteiger partial charge < -0.3 is 10.4 Å². The maximum atomic E-state index is 13.3. The summed E-state index contributed by atoms with van der Waals surface area (Å²) in [6.45, 7) is 0.462. The van der Waals surface area contributed by atoms with Crippen LogP contribution >= 0.6 is 0 Å². The topological polar surface area (TPSA) is 66.4 Å². The molecule has 0 bridgehead atoms. The van der Waals surface area contributed by atoms with Gasteiger partial charge in [0, 0.05) is 19.4 Å². The van der Waals surface area contributed by atoms with Crippen molar-refractivity contribution in [3.63, 3.8) is 0 Å². The second kappa shape index (κ2) is 9.05. The van der Waals surface area contributed by atoms with Crippen molar-refractivity contribution in [1.82, 2.24) is 5.32 Å². The van der Waals surface area contributed by atoms with Crippen molar-refractivity contribution in [2.24, 2.45) is 0 Å². The molecule has 0 saturated heterocycles. The number of rotatable bonds is 9. The lowest BCUT2D eigenvalue weighted by Gasteiger charge is -2.06. The molecule has 1 rings (SSSR count). The van der Waals surface area contributed by atoms with E-state index in [2.05, 4.69) is 5.32 Å². The largest absolute Gasteiger partial charge is 0.481 e. The van der Waals surface area contributed by atoms with E-state index in [1.165, 1.54) is 0 Å². The van der Waals surface area contributed by atoms with Crippen LogP contribution in [0.3, 0.4) is 0 Å². The number of amides is 1. The Morgan fingerprint density at radius 3 is 2.57 bits per heavy atom. The average molecular weight is 299 g/mol. The van der Waals surface area contributed by atoms with Crippen molar-refractivity contribution in [2.45, 2.75) is 38.5 Å². The first kappa shape index (κ1) is 17.1. The van der Waals surface area contributed by atoms with Crippen LogP contribution in [0.5, 0.6) is 0 Å². The molecule has 116 valence electrons. The zero-order valence-corrected chi connectivity index (χ0v) is 11.7. The Morgan fingerprint density at radius 2 is 1.86 bits per heavy atom. The minimum absolute atomic E-state index is 0.0928. The van der Waals surface area contributed by atoms with Gasteiger partial charge in [0.25, 0.3) is 0 Å². The highest BCUT2D eigenvalue weighted by Crippen LogP contribution is 2.11. The van der Waals surface area contributed by atoms with Crippen LogP contribution in [0.15, 0.2) is 18.2 Å². The Hall–Kier alpha value is -1.98. The van der Waals surface area contributed by atoms with E-state index in [1.807, 2.05) is 0 Å². The monoisotopic (exact) mass is 299 g/mol. The predicted octanol–water partition coefficient (Wildman–Crippen LogP) is 2.66. The van der Waals surface area contributed by atoms with Gasteiger partial charge in [0.2, 0.25) is 5.91 Å². The Morgan fingerprint density at radius 1 is 1.10 bits per heavy atom. The van der Waals surface area contributed by atoms with Gasteiger partial charge in [-0.15, -0.1) is 0 Å². The van der Waals surface area contributed by atoms with Gasteiger partial charge in [0.05, 0.1) is 0 Å². The fraction of sp³-hybridized carbons (Fsp3) is 0.467. The van der Waals surface area contributed by atoms with E-state index in [9.17, 15) is 18.4 Å². The minimum atomic E-state index is -0.823. The SMILES string of the molecule is O=C(O)CCCCCNC(=O)CCc1cc(F)ccc1F. The molecule has 0 atom stereocenters. The van der Waals surface area contributed by atoms with Crippen LogP contribution in [0, 0.1) is 11.6 Å². The zero-order chi connectivity index (χ0) is 15.7. The molecule has 2 N–H and O–H groups in total. The molecule has 6 heteroatoms. The first-order valence-corrected chi connectivity index (χ1v) is 6.91. The maximum absolute atomic E-state index is 13.3. The van der Waals surface area contributed by atoms with E-state index in [-0.39, 0.29) is 30.7 Å². The number of carbonyl (C=O) groups excluding carboxylic acids is 1. The Kier molecular flexibility index (Phi) is 7.36. The lowest BCUT2D eigenvalue weighted by atomic mass is 10.1. The van der Waals surface area contributed by atoms with Gasteiger partial charge in [-0.3, -0.25) is 9.59 Å². The molecule has 0 aliphatic heterocycles. The van der Waals surface area contributed by atoms with Crippen molar-refractivity contribution >= 4 is 11.9 Å². The molecular weight excluding hydrogens is 280 g/mol. The third kappa shape index (κ3) is 7.39. The number of carboxylic acid groups (broad SMARTS) is 1. The highest BCUT2D eigenvalue weighted by Gasteiger charge is 2.07. The van der Waals surface area contributed by atoms with Gasteiger partial charge in [-0.25, -0.2) is 8.78 Å². The number of hydrogen-bond donors (Lipinski definition) is 2. The van der Waals surface area contributed by atoms with Crippen molar-refractivity contribution in [1.29, 1.82) is 0 Å². The molecule has 0 unspecified atom stereocenters. The van der Waals surface area contributed by atoms with Crippen molar-refractivity contribution in [3.8, 4) is 0 Å². The lowest BCUT2D eigenvalue weighted by molar-refractivity contribution is -0.137. The standard InChI is InChI=1S/C15H19F2NO3/c16-12-6-7-13(17)11(10-12)5-8-14(19)18-9-3-1-2-4-15(20)21/h6-7,10H,1-5,8-9H2,(H,18,19)(H,20,21). The van der Waals surface area contributed by atoms with Gasteiger partial charge in [0.1, 0.15) is 11.6 Å². The summed E-state index contributed by atoms with van der Waals surface area (Å²) in [5.41, 5.74) is 0.187. The summed E-state index contributed by atoms with van der Waals surface area (Å²) in [7, 11) is 0. The summed E-state index contributed by atoms with van der Waals surface area (Å²) in [5.74, 6) is -2.09. The fourth-order valence-electron chi connectivity index (χ4n) is 1.88. The van der Waals surface area contributed by atoms with Gasteiger partial charge in [-0.1, -0.05) is 6.42 Å². The number of carbonyl (C=O) groups is 2. The Labute approximate surface area is 122 Å². The van der Waals surface area contributed by atoms with Crippen LogP contribution in [0.1, 0.15) is 37.7 Å². The molecule has 0 spiro atoms. The van der Waals surface area contributed by atoms with E-state index in [4.69, 9.17) is 5.11 Å². The zero-order valence-electron chi connectivity index (χ0n) is 11.7. The smallest absolute Gasteiger partial charge is 0.303 e. The van der Waals surface area contributed by atoms with Crippen molar-refractivity contribution < 1.29 is 23.5 Å². The number of nitrogens with one attached hydrogen (secondary N) is 1. The van der Waals surface area contributed by atoms with Gasteiger partial charge in [0.15, 0.2) is 0 Å². The Balaban J connectivity index is 2.16. The van der Waals surface area contributed by atoms with Crippen molar-refractivity contribution in [3.05, 3.63) is 35.4 Å². The number of halogens is 2. The number of aliphatic carboxylic acids is 1. The highest BCUT2D eigenvalue weighted by atomic mass is 19.1. The summed E-state index contributed by atoms with van der Waals surface area (Å²) >= 11 is 0. The third-order valence-corrected chi connectivity index (χ3v) is 3.02. The quantitative estimate of drug-likeness (QED) is 0.689. The normalized spacial score (nSPS) is 10.4. The number of carboxylic acids is 1. The van der Waals surface area contributed by atoms with Crippen LogP contribution < -0.4 is 5.32 Å². The van der Waals surface area contributed by atoms with Gasteiger partial charge >= 0.3 is 5.97 Å². The van der Waals surface area contributed by atoms with E-state index in [0.717, 1.165) is 24.6 Å². The van der Waals surface area contributed by atoms with E-state index >= 15 is 0 Å². The van der Waals surface area contributed by atoms with Crippen LogP contribution in [-0.2, 0) is 16.0 Å². The van der Waals surface area contributed by atoms with Gasteiger partial charge in [-0.05, 0) is 43.0 Å². The molecule has 4 nitrogen and oxygen atoms in total. The number of benzene rings is 1. The van der Waals surface area contributed by atoms with E-state index in [0.29, 0.717) is 19.4 Å². The van der Waals surface area contributed by atoms with Crippen molar-refractivity contribution in [2.75, 3.05) is 6.54 Å². The minimum Gasteiger partial charge on any atom is -0.481 e. The average Bonchev–Trinajstić information content (AvgIpc) is 2.43. The number of unbranched alkanes of at least 4 members (excludes halogenated alkanes) is 2. The molecule has 0 aliphatic carbocycles. The molecule has 0 radical (unpaired) electrons. The summed E-state index contributed by atoms with van der Waals surface area (Å²) in [6, 6.07) is 3.18. The molecular formula is C15H19F2NO3. The molecule has 0 fully saturated rings. The lowest BCUT2D eigenvalue weighted by Crippen LogP contribution is -2.24. The van der Waals surface area contributed by atoms with Crippen LogP contribution in [0.25, 0.3) is 0 Å². The molecule has 0 saturated carbocycles. The second-order valence-electron chi connectivity index (χ2n) is 4.79. The molecule has 0 aromatic heterocycles. The van der Waals surface area contributed by atoms with Crippen LogP contribution in [-0.4, -0.2) is 23.5 Å². The molecule has 0 aliphatic rings. The molecule has 1 aromatic rings. The summed E-state index contributed by atoms with van der Waals surface area (Å²) < 4.78 is 26.3. The summed E-state index contributed by atoms with van der Waals surface area (Å²) in [4.78, 5) is 21.8. The number of hydrogen-bond acceptors (Lipinski definition) is 2. The maximum Gasteiger partial charge on any atom is 0.303 e. The summed E-state index contributed by atoms with van der Waals surface area (Å²) in [6.07, 6.45) is 2.38. The summed E-state index contributed by atoms with van der Waals surface area (Å²) in [5, 5.41) is 11.1. The van der Waals surface area contributed by atoms with E-state index < -0.39 is 17.6 Å². The number of aryl methyl sites for hydroxylation is 1. The van der Waals surface area contributed by atoms with Gasteiger partial charge in [-0.2, -0.15) is 0 Å². The van der Waals surface area contributed by atoms with Crippen LogP contribution in [0.4, 0.5) is 8.78 Å². The molecule has 1 amide bonds. The third-order valence-electron chi connectivity index (χ3n) is 3.02. The van der Waals surface area contributed by atoms with E-state index in [1.54, 1.807) is 0 Å². The first-order chi connectivity index (χ1) is 9.99. The second-order valence-corrected chi connectivity index (χ2v) is 4.79. The molecule has 1 aromatic carbocycles. The highest BCUT2D eigenvalue weighted by molar-refractivity contribution is 5.76. The first-order valence-electron chi connectivity index (χ1n) is 6.91.